The van der Waals surface area contributed by atoms with Gasteiger partial charge in [0.2, 0.25) is 0 Å². The van der Waals surface area contributed by atoms with Crippen molar-refractivity contribution in [1.29, 1.82) is 10.8 Å². The third-order valence-corrected chi connectivity index (χ3v) is 2.74. The Labute approximate surface area is 146 Å². The quantitative estimate of drug-likeness (QED) is 0.353. The van der Waals surface area contributed by atoms with Crippen molar-refractivity contribution in [3.63, 3.8) is 0 Å². The Balaban J connectivity index is 0.000000570. The molecule has 1 aromatic carbocycles. The van der Waals surface area contributed by atoms with Crippen LogP contribution < -0.4 is 16.8 Å². The molecule has 0 fully saturated rings. The van der Waals surface area contributed by atoms with E-state index in [4.69, 9.17) is 27.4 Å². The molecule has 1 heterocycles. The molecule has 0 amide bonds. The fourth-order valence-corrected chi connectivity index (χ4v) is 1.76. The van der Waals surface area contributed by atoms with Crippen molar-refractivity contribution in [3.05, 3.63) is 59.8 Å². The van der Waals surface area contributed by atoms with Gasteiger partial charge in [-0.2, -0.15) is 0 Å². The number of rotatable bonds is 3. The van der Waals surface area contributed by atoms with Gasteiger partial charge in [-0.25, -0.2) is 4.79 Å². The molecule has 0 aliphatic carbocycles. The minimum atomic E-state index is -0.882. The molecule has 9 heteroatoms. The number of hydrogen-bond acceptors (Lipinski definition) is 4. The molecule has 130 valence electrons. The largest absolute Gasteiger partial charge is 0.478 e. The summed E-state index contributed by atoms with van der Waals surface area (Å²) in [4.78, 5) is 12.8. The van der Waals surface area contributed by atoms with Gasteiger partial charge in [0.05, 0.1) is 5.56 Å². The highest BCUT2D eigenvalue weighted by atomic mass is 35.5. The first-order chi connectivity index (χ1) is 10.9. The van der Waals surface area contributed by atoms with Crippen LogP contribution in [-0.2, 0) is 6.54 Å². The van der Waals surface area contributed by atoms with Crippen molar-refractivity contribution in [2.45, 2.75) is 6.54 Å². The maximum atomic E-state index is 10.7. The summed E-state index contributed by atoms with van der Waals surface area (Å²) in [6.07, 6.45) is 8.13. The molecule has 0 bridgehead atoms. The first kappa shape index (κ1) is 21.0. The molecule has 1 aromatic rings. The number of nitrogens with zero attached hydrogens (tertiary/aromatic N) is 1. The molecule has 1 aliphatic heterocycles. The van der Waals surface area contributed by atoms with E-state index in [9.17, 15) is 4.79 Å². The number of nitrogens with one attached hydrogen (secondary N) is 3. The number of benzene rings is 1. The molecule has 0 radical (unpaired) electrons. The Morgan fingerprint density at radius 1 is 1.17 bits per heavy atom. The molecule has 8 nitrogen and oxygen atoms in total. The Bertz CT molecular complexity index is 615. The zero-order chi connectivity index (χ0) is 17.2. The van der Waals surface area contributed by atoms with E-state index in [2.05, 4.69) is 11.0 Å². The van der Waals surface area contributed by atoms with E-state index < -0.39 is 5.97 Å². The zero-order valence-corrected chi connectivity index (χ0v) is 13.7. The summed E-state index contributed by atoms with van der Waals surface area (Å²) < 4.78 is 0. The molecule has 1 aliphatic rings. The van der Waals surface area contributed by atoms with Gasteiger partial charge in [-0.3, -0.25) is 16.1 Å². The van der Waals surface area contributed by atoms with Crippen LogP contribution in [0, 0.1) is 10.8 Å². The lowest BCUT2D eigenvalue weighted by atomic mass is 10.1. The van der Waals surface area contributed by atoms with Crippen molar-refractivity contribution in [3.8, 4) is 0 Å². The van der Waals surface area contributed by atoms with Gasteiger partial charge in [-0.15, -0.1) is 12.4 Å². The van der Waals surface area contributed by atoms with Crippen LogP contribution >= 0.6 is 12.4 Å². The van der Waals surface area contributed by atoms with Crippen LogP contribution in [-0.4, -0.2) is 34.4 Å². The highest BCUT2D eigenvalue weighted by molar-refractivity contribution is 5.93. The number of aromatic carboxylic acids is 1. The number of hydrogen-bond donors (Lipinski definition) is 6. The Morgan fingerprint density at radius 3 is 2.12 bits per heavy atom. The Hall–Kier alpha value is -3.00. The first-order valence-electron chi connectivity index (χ1n) is 6.73. The minimum absolute atomic E-state index is 0. The summed E-state index contributed by atoms with van der Waals surface area (Å²) in [5.74, 6) is -1.51. The van der Waals surface area contributed by atoms with E-state index in [0.29, 0.717) is 5.56 Å². The maximum Gasteiger partial charge on any atom is 0.335 e. The van der Waals surface area contributed by atoms with E-state index in [0.717, 1.165) is 18.7 Å². The highest BCUT2D eigenvalue weighted by Crippen LogP contribution is 2.09. The smallest absolute Gasteiger partial charge is 0.335 e. The number of carboxylic acid groups (broad SMARTS) is 1. The van der Waals surface area contributed by atoms with Crippen LogP contribution in [0.1, 0.15) is 15.9 Å². The van der Waals surface area contributed by atoms with Crippen LogP contribution in [0.5, 0.6) is 0 Å². The predicted octanol–water partition coefficient (Wildman–Crippen LogP) is 1.06. The third-order valence-electron chi connectivity index (χ3n) is 2.74. The monoisotopic (exact) mass is 352 g/mol. The van der Waals surface area contributed by atoms with Gasteiger partial charge in [0.15, 0.2) is 11.9 Å². The molecule has 0 aromatic heterocycles. The Morgan fingerprint density at radius 2 is 1.75 bits per heavy atom. The van der Waals surface area contributed by atoms with Crippen molar-refractivity contribution >= 4 is 30.3 Å². The van der Waals surface area contributed by atoms with Crippen LogP contribution in [0.15, 0.2) is 48.7 Å². The summed E-state index contributed by atoms with van der Waals surface area (Å²) in [6, 6.07) is 6.99. The molecule has 0 atom stereocenters. The Kier molecular flexibility index (Phi) is 9.35. The molecule has 2 rings (SSSR count). The van der Waals surface area contributed by atoms with E-state index in [-0.39, 0.29) is 24.3 Å². The summed E-state index contributed by atoms with van der Waals surface area (Å²) in [5.41, 5.74) is 10.9. The predicted molar refractivity (Wildman–Crippen MR) is 96.3 cm³/mol. The fourth-order valence-electron chi connectivity index (χ4n) is 1.76. The van der Waals surface area contributed by atoms with Gasteiger partial charge in [-0.05, 0) is 30.0 Å². The van der Waals surface area contributed by atoms with Crippen molar-refractivity contribution < 1.29 is 9.90 Å². The van der Waals surface area contributed by atoms with Gasteiger partial charge in [0, 0.05) is 13.1 Å². The number of nitrogens with two attached hydrogens (primary N) is 2. The van der Waals surface area contributed by atoms with E-state index in [1.54, 1.807) is 12.1 Å². The fraction of sp³-hybridized carbons (Fsp3) is 0.133. The van der Waals surface area contributed by atoms with Crippen LogP contribution in [0.25, 0.3) is 0 Å². The summed E-state index contributed by atoms with van der Waals surface area (Å²) >= 11 is 0. The molecule has 8 N–H and O–H groups in total. The van der Waals surface area contributed by atoms with Gasteiger partial charge >= 0.3 is 5.97 Å². The van der Waals surface area contributed by atoms with Crippen molar-refractivity contribution in [2.24, 2.45) is 11.5 Å². The molecule has 24 heavy (non-hydrogen) atoms. The third kappa shape index (κ3) is 8.44. The standard InChI is InChI=1S/C13H13NO2.C2H7N5.ClH/c15-13(16)12-6-4-11(5-7-12)10-14-8-2-1-3-9-14;3-1(4)7-2(5)6;/h1-8H,9-10H2,(H,15,16);(H7,3,4,5,6,7);1H. The average Bonchev–Trinajstić information content (AvgIpc) is 2.48. The van der Waals surface area contributed by atoms with Gasteiger partial charge in [0.1, 0.15) is 0 Å². The lowest BCUT2D eigenvalue weighted by Crippen LogP contribution is -2.39. The molecular weight excluding hydrogens is 332 g/mol. The van der Waals surface area contributed by atoms with Crippen molar-refractivity contribution in [1.82, 2.24) is 10.2 Å². The number of carbonyl (C=O) groups is 1. The van der Waals surface area contributed by atoms with E-state index in [1.807, 2.05) is 35.8 Å². The average molecular weight is 353 g/mol. The lowest BCUT2D eigenvalue weighted by Gasteiger charge is -2.20. The number of guanidine groups is 2. The summed E-state index contributed by atoms with van der Waals surface area (Å²) in [5, 5.41) is 23.7. The van der Waals surface area contributed by atoms with E-state index in [1.165, 1.54) is 0 Å². The first-order valence-corrected chi connectivity index (χ1v) is 6.73. The number of carboxylic acids is 1. The number of allylic oxidation sites excluding steroid dienone is 2. The normalized spacial score (nSPS) is 11.6. The molecule has 0 spiro atoms. The van der Waals surface area contributed by atoms with Crippen molar-refractivity contribution in [2.75, 3.05) is 6.54 Å². The highest BCUT2D eigenvalue weighted by Gasteiger charge is 2.04. The minimum Gasteiger partial charge on any atom is -0.478 e. The topological polar surface area (TPSA) is 152 Å². The lowest BCUT2D eigenvalue weighted by molar-refractivity contribution is 0.0697. The van der Waals surface area contributed by atoms with Gasteiger partial charge in [0.25, 0.3) is 0 Å². The van der Waals surface area contributed by atoms with Gasteiger partial charge in [-0.1, -0.05) is 24.3 Å². The molecule has 0 saturated carbocycles. The molecule has 0 saturated heterocycles. The maximum absolute atomic E-state index is 10.7. The zero-order valence-electron chi connectivity index (χ0n) is 12.9. The molecule has 0 unspecified atom stereocenters. The second kappa shape index (κ2) is 10.7. The summed E-state index contributed by atoms with van der Waals surface area (Å²) in [6.45, 7) is 1.71. The second-order valence-corrected chi connectivity index (χ2v) is 4.65. The SMILES string of the molecule is Cl.N=C(N)NC(=N)N.O=C(O)c1ccc(CN2C=CC=CC2)cc1. The number of halogens is 1. The van der Waals surface area contributed by atoms with Crippen LogP contribution in [0.4, 0.5) is 0 Å². The molecular formula is C15H21ClN6O2. The van der Waals surface area contributed by atoms with Gasteiger partial charge < -0.3 is 21.5 Å². The van der Waals surface area contributed by atoms with Crippen LogP contribution in [0.2, 0.25) is 0 Å². The summed E-state index contributed by atoms with van der Waals surface area (Å²) in [7, 11) is 0. The second-order valence-electron chi connectivity index (χ2n) is 4.65. The van der Waals surface area contributed by atoms with E-state index >= 15 is 0 Å². The van der Waals surface area contributed by atoms with Crippen LogP contribution in [0.3, 0.4) is 0 Å².